The van der Waals surface area contributed by atoms with Gasteiger partial charge in [0.15, 0.2) is 0 Å². The zero-order chi connectivity index (χ0) is 26.6. The van der Waals surface area contributed by atoms with E-state index in [1.54, 1.807) is 24.3 Å². The summed E-state index contributed by atoms with van der Waals surface area (Å²) in [5.41, 5.74) is 0.314. The predicted octanol–water partition coefficient (Wildman–Crippen LogP) is 1.21. The summed E-state index contributed by atoms with van der Waals surface area (Å²) in [5.74, 6) is -1.08. The van der Waals surface area contributed by atoms with Gasteiger partial charge >= 0.3 is 0 Å². The molecule has 37 heavy (non-hydrogen) atoms. The molecular weight excluding hydrogens is 474 g/mol. The van der Waals surface area contributed by atoms with Gasteiger partial charge in [-0.25, -0.2) is 0 Å². The van der Waals surface area contributed by atoms with Crippen LogP contribution in [-0.4, -0.2) is 79.9 Å². The monoisotopic (exact) mass is 515 g/mol. The minimum atomic E-state index is -0.910. The number of hydrogen-bond acceptors (Lipinski definition) is 6. The maximum atomic E-state index is 13.2. The number of amides is 4. The van der Waals surface area contributed by atoms with Crippen molar-refractivity contribution in [2.75, 3.05) is 39.3 Å². The van der Waals surface area contributed by atoms with Gasteiger partial charge in [-0.05, 0) is 56.8 Å². The van der Waals surface area contributed by atoms with Gasteiger partial charge in [0.1, 0.15) is 17.8 Å². The first-order valence-corrected chi connectivity index (χ1v) is 13.4. The average molecular weight is 516 g/mol. The van der Waals surface area contributed by atoms with Gasteiger partial charge < -0.3 is 30.9 Å². The van der Waals surface area contributed by atoms with Crippen LogP contribution in [0, 0.1) is 5.92 Å². The van der Waals surface area contributed by atoms with Crippen LogP contribution in [0.1, 0.15) is 62.7 Å². The molecule has 4 N–H and O–H groups in total. The fourth-order valence-corrected chi connectivity index (χ4v) is 4.56. The highest BCUT2D eigenvalue weighted by Crippen LogP contribution is 2.19. The van der Waals surface area contributed by atoms with Crippen LogP contribution >= 0.6 is 0 Å². The van der Waals surface area contributed by atoms with Crippen molar-refractivity contribution in [3.63, 3.8) is 0 Å². The molecule has 0 aromatic heterocycles. The molecule has 1 aromatic rings. The molecule has 1 saturated heterocycles. The highest BCUT2D eigenvalue weighted by molar-refractivity contribution is 5.99. The van der Waals surface area contributed by atoms with E-state index in [1.165, 1.54) is 19.3 Å². The SMILES string of the molecule is CC(C)[C@H]1NC(=O)CC[C@@H](C(=O)NCCN2CCCCC2)NC(=O)c2ccccc2OCCCNC1=O. The molecule has 0 unspecified atom stereocenters. The standard InChI is InChI=1S/C27H41N5O5/c1-19(2)24-27(36)28-13-8-18-37-22-10-5-4-9-20(22)25(34)30-21(11-12-23(33)31-24)26(35)29-14-17-32-15-6-3-7-16-32/h4-5,9-10,19,21,24H,3,6-8,11-18H2,1-2H3,(H,28,36)(H,29,35)(H,30,34)(H,31,33)/t21-,24+/m0/s1. The Labute approximate surface area is 219 Å². The van der Waals surface area contributed by atoms with E-state index in [1.807, 2.05) is 13.8 Å². The van der Waals surface area contributed by atoms with Crippen molar-refractivity contribution in [1.82, 2.24) is 26.2 Å². The summed E-state index contributed by atoms with van der Waals surface area (Å²) in [6.07, 6.45) is 4.19. The molecule has 0 radical (unpaired) electrons. The molecule has 10 nitrogen and oxygen atoms in total. The lowest BCUT2D eigenvalue weighted by Gasteiger charge is -2.27. The number of carbonyl (C=O) groups excluding carboxylic acids is 4. The Morgan fingerprint density at radius 3 is 2.59 bits per heavy atom. The van der Waals surface area contributed by atoms with Crippen molar-refractivity contribution in [3.05, 3.63) is 29.8 Å². The molecule has 10 heteroatoms. The second-order valence-electron chi connectivity index (χ2n) is 10.0. The van der Waals surface area contributed by atoms with Gasteiger partial charge in [0.25, 0.3) is 5.91 Å². The van der Waals surface area contributed by atoms with Crippen LogP contribution in [0.15, 0.2) is 24.3 Å². The van der Waals surface area contributed by atoms with Crippen LogP contribution in [-0.2, 0) is 14.4 Å². The summed E-state index contributed by atoms with van der Waals surface area (Å²) in [6, 6.07) is 5.25. The Morgan fingerprint density at radius 1 is 1.08 bits per heavy atom. The average Bonchev–Trinajstić information content (AvgIpc) is 2.89. The molecule has 2 atom stereocenters. The Bertz CT molecular complexity index is 932. The maximum Gasteiger partial charge on any atom is 0.255 e. The maximum absolute atomic E-state index is 13.2. The zero-order valence-corrected chi connectivity index (χ0v) is 22.0. The summed E-state index contributed by atoms with van der Waals surface area (Å²) < 4.78 is 5.83. The second-order valence-corrected chi connectivity index (χ2v) is 10.0. The van der Waals surface area contributed by atoms with E-state index < -0.39 is 18.0 Å². The number of fused-ring (bicyclic) bond motifs is 1. The molecule has 2 aliphatic rings. The van der Waals surface area contributed by atoms with E-state index >= 15 is 0 Å². The largest absolute Gasteiger partial charge is 0.493 e. The lowest BCUT2D eigenvalue weighted by atomic mass is 10.0. The quantitative estimate of drug-likeness (QED) is 0.467. The molecule has 0 aliphatic carbocycles. The number of benzene rings is 1. The topological polar surface area (TPSA) is 129 Å². The lowest BCUT2D eigenvalue weighted by molar-refractivity contribution is -0.130. The van der Waals surface area contributed by atoms with Crippen molar-refractivity contribution < 1.29 is 23.9 Å². The van der Waals surface area contributed by atoms with Crippen LogP contribution in [0.4, 0.5) is 0 Å². The molecule has 1 aromatic carbocycles. The van der Waals surface area contributed by atoms with Crippen molar-refractivity contribution in [2.45, 2.75) is 64.5 Å². The molecule has 2 aliphatic heterocycles. The minimum Gasteiger partial charge on any atom is -0.493 e. The Balaban J connectivity index is 1.73. The number of para-hydroxylation sites is 1. The van der Waals surface area contributed by atoms with E-state index in [2.05, 4.69) is 26.2 Å². The van der Waals surface area contributed by atoms with Crippen LogP contribution in [0.25, 0.3) is 0 Å². The van der Waals surface area contributed by atoms with Gasteiger partial charge in [-0.2, -0.15) is 0 Å². The summed E-state index contributed by atoms with van der Waals surface area (Å²) >= 11 is 0. The molecule has 0 saturated carbocycles. The van der Waals surface area contributed by atoms with Gasteiger partial charge in [0, 0.05) is 26.1 Å². The molecule has 2 heterocycles. The molecule has 0 bridgehead atoms. The third kappa shape index (κ3) is 9.03. The predicted molar refractivity (Wildman–Crippen MR) is 140 cm³/mol. The number of rotatable bonds is 5. The zero-order valence-electron chi connectivity index (χ0n) is 22.0. The van der Waals surface area contributed by atoms with Crippen molar-refractivity contribution in [3.8, 4) is 5.75 Å². The smallest absolute Gasteiger partial charge is 0.255 e. The van der Waals surface area contributed by atoms with Gasteiger partial charge in [-0.1, -0.05) is 32.4 Å². The van der Waals surface area contributed by atoms with E-state index in [9.17, 15) is 19.2 Å². The number of carbonyl (C=O) groups is 4. The summed E-state index contributed by atoms with van der Waals surface area (Å²) in [7, 11) is 0. The molecule has 4 amide bonds. The van der Waals surface area contributed by atoms with Gasteiger partial charge in [0.05, 0.1) is 12.2 Å². The summed E-state index contributed by atoms with van der Waals surface area (Å²) in [4.78, 5) is 54.0. The summed E-state index contributed by atoms with van der Waals surface area (Å²) in [6.45, 7) is 7.66. The van der Waals surface area contributed by atoms with Crippen LogP contribution in [0.2, 0.25) is 0 Å². The van der Waals surface area contributed by atoms with E-state index in [0.29, 0.717) is 37.4 Å². The Kier molecular flexibility index (Phi) is 11.2. The fraction of sp³-hybridized carbons (Fsp3) is 0.630. The highest BCUT2D eigenvalue weighted by Gasteiger charge is 2.27. The van der Waals surface area contributed by atoms with Crippen LogP contribution in [0.3, 0.4) is 0 Å². The van der Waals surface area contributed by atoms with Crippen LogP contribution in [0.5, 0.6) is 5.75 Å². The van der Waals surface area contributed by atoms with Gasteiger partial charge in [0.2, 0.25) is 17.7 Å². The summed E-state index contributed by atoms with van der Waals surface area (Å²) in [5, 5.41) is 11.4. The third-order valence-electron chi connectivity index (χ3n) is 6.73. The van der Waals surface area contributed by atoms with Crippen LogP contribution < -0.4 is 26.0 Å². The number of piperidine rings is 1. The molecule has 3 rings (SSSR count). The van der Waals surface area contributed by atoms with Crippen molar-refractivity contribution >= 4 is 23.6 Å². The van der Waals surface area contributed by atoms with Crippen molar-refractivity contribution in [2.24, 2.45) is 5.92 Å². The second kappa shape index (κ2) is 14.6. The fourth-order valence-electron chi connectivity index (χ4n) is 4.56. The minimum absolute atomic E-state index is 0.0147. The number of nitrogens with one attached hydrogen (secondary N) is 4. The number of hydrogen-bond donors (Lipinski definition) is 4. The first kappa shape index (κ1) is 28.4. The lowest BCUT2D eigenvalue weighted by Crippen LogP contribution is -2.51. The highest BCUT2D eigenvalue weighted by atomic mass is 16.5. The normalized spacial score (nSPS) is 22.7. The van der Waals surface area contributed by atoms with Gasteiger partial charge in [-0.15, -0.1) is 0 Å². The van der Waals surface area contributed by atoms with E-state index in [-0.39, 0.29) is 36.5 Å². The number of likely N-dealkylation sites (tertiary alicyclic amines) is 1. The number of ether oxygens (including phenoxy) is 1. The molecular formula is C27H41N5O5. The Morgan fingerprint density at radius 2 is 1.84 bits per heavy atom. The first-order valence-electron chi connectivity index (χ1n) is 13.4. The van der Waals surface area contributed by atoms with E-state index in [4.69, 9.17) is 4.74 Å². The molecule has 1 fully saturated rings. The van der Waals surface area contributed by atoms with Gasteiger partial charge in [-0.3, -0.25) is 19.2 Å². The first-order chi connectivity index (χ1) is 17.8. The number of nitrogens with zero attached hydrogens (tertiary/aromatic N) is 1. The molecule has 0 spiro atoms. The van der Waals surface area contributed by atoms with E-state index in [0.717, 1.165) is 19.6 Å². The molecule has 204 valence electrons. The van der Waals surface area contributed by atoms with Crippen molar-refractivity contribution in [1.29, 1.82) is 0 Å². The Hall–Kier alpha value is -3.14. The third-order valence-corrected chi connectivity index (χ3v) is 6.73.